The van der Waals surface area contributed by atoms with Crippen molar-refractivity contribution in [3.8, 4) is 0 Å². The number of nitrogens with zero attached hydrogens (tertiary/aromatic N) is 2. The first-order valence-electron chi connectivity index (χ1n) is 7.33. The lowest BCUT2D eigenvalue weighted by atomic mass is 9.90. The number of nitrogens with two attached hydrogens (primary N) is 1. The van der Waals surface area contributed by atoms with Gasteiger partial charge in [-0.05, 0) is 44.7 Å². The number of hydrogen-bond acceptors (Lipinski definition) is 5. The van der Waals surface area contributed by atoms with Crippen LogP contribution in [-0.2, 0) is 6.54 Å². The van der Waals surface area contributed by atoms with Gasteiger partial charge in [0.25, 0.3) is 0 Å². The van der Waals surface area contributed by atoms with Gasteiger partial charge in [-0.15, -0.1) is 0 Å². The van der Waals surface area contributed by atoms with Gasteiger partial charge in [0.05, 0.1) is 12.6 Å². The van der Waals surface area contributed by atoms with Crippen molar-refractivity contribution in [2.75, 3.05) is 6.54 Å². The highest BCUT2D eigenvalue weighted by atomic mass is 16.6. The normalized spacial score (nSPS) is 23.1. The molecular formula is C14H23N3O3. The summed E-state index contributed by atoms with van der Waals surface area (Å²) in [6.07, 6.45) is 5.38. The zero-order valence-corrected chi connectivity index (χ0v) is 12.0. The van der Waals surface area contributed by atoms with Crippen molar-refractivity contribution < 1.29 is 9.34 Å². The Balaban J connectivity index is 1.99. The van der Waals surface area contributed by atoms with Gasteiger partial charge in [-0.25, -0.2) is 0 Å². The molecule has 1 saturated carbocycles. The molecule has 0 spiro atoms. The van der Waals surface area contributed by atoms with Crippen molar-refractivity contribution in [2.24, 2.45) is 5.73 Å². The lowest BCUT2D eigenvalue weighted by molar-refractivity contribution is -0.402. The van der Waals surface area contributed by atoms with Gasteiger partial charge in [0.2, 0.25) is 0 Å². The van der Waals surface area contributed by atoms with Crippen LogP contribution >= 0.6 is 0 Å². The van der Waals surface area contributed by atoms with Crippen LogP contribution in [0, 0.1) is 10.1 Å². The second-order valence-electron chi connectivity index (χ2n) is 5.54. The van der Waals surface area contributed by atoms with Gasteiger partial charge in [0.15, 0.2) is 0 Å². The second-order valence-corrected chi connectivity index (χ2v) is 5.54. The molecule has 0 amide bonds. The molecule has 1 aromatic heterocycles. The standard InChI is InChI=1S/C14H23N3O3/c1-2-9-16(12-5-3-11(15)4-6-12)10-13-7-8-14(20-13)17(18)19/h7-8,11-12H,2-6,9-10,15H2,1H3. The van der Waals surface area contributed by atoms with E-state index in [9.17, 15) is 10.1 Å². The molecule has 0 unspecified atom stereocenters. The Kier molecular flexibility index (Phi) is 5.14. The van der Waals surface area contributed by atoms with Crippen LogP contribution in [0.15, 0.2) is 16.5 Å². The van der Waals surface area contributed by atoms with Crippen LogP contribution < -0.4 is 5.73 Å². The fraction of sp³-hybridized carbons (Fsp3) is 0.714. The summed E-state index contributed by atoms with van der Waals surface area (Å²) >= 11 is 0. The third-order valence-electron chi connectivity index (χ3n) is 3.95. The third kappa shape index (κ3) is 3.80. The Morgan fingerprint density at radius 1 is 1.40 bits per heavy atom. The number of hydrogen-bond donors (Lipinski definition) is 1. The zero-order valence-electron chi connectivity index (χ0n) is 12.0. The molecule has 6 heteroatoms. The molecule has 0 radical (unpaired) electrons. The first kappa shape index (κ1) is 15.0. The van der Waals surface area contributed by atoms with Crippen LogP contribution in [-0.4, -0.2) is 28.5 Å². The Labute approximate surface area is 119 Å². The molecule has 0 aliphatic heterocycles. The van der Waals surface area contributed by atoms with Crippen molar-refractivity contribution in [3.63, 3.8) is 0 Å². The van der Waals surface area contributed by atoms with Crippen molar-refractivity contribution in [2.45, 2.75) is 57.7 Å². The van der Waals surface area contributed by atoms with E-state index in [1.165, 1.54) is 6.07 Å². The molecule has 1 aromatic rings. The summed E-state index contributed by atoms with van der Waals surface area (Å²) in [6, 6.07) is 3.98. The van der Waals surface area contributed by atoms with E-state index in [0.717, 1.165) is 38.6 Å². The molecule has 1 fully saturated rings. The summed E-state index contributed by atoms with van der Waals surface area (Å²) in [6.45, 7) is 3.77. The third-order valence-corrected chi connectivity index (χ3v) is 3.95. The molecule has 0 bridgehead atoms. The molecule has 112 valence electrons. The van der Waals surface area contributed by atoms with Crippen LogP contribution in [0.1, 0.15) is 44.8 Å². The monoisotopic (exact) mass is 281 g/mol. The van der Waals surface area contributed by atoms with Crippen LogP contribution in [0.25, 0.3) is 0 Å². The summed E-state index contributed by atoms with van der Waals surface area (Å²) in [5.41, 5.74) is 5.95. The molecule has 20 heavy (non-hydrogen) atoms. The highest BCUT2D eigenvalue weighted by Gasteiger charge is 2.25. The molecule has 0 atom stereocenters. The minimum Gasteiger partial charge on any atom is -0.404 e. The van der Waals surface area contributed by atoms with Gasteiger partial charge in [0, 0.05) is 12.1 Å². The molecule has 0 saturated heterocycles. The first-order valence-corrected chi connectivity index (χ1v) is 7.33. The minimum atomic E-state index is -0.493. The zero-order chi connectivity index (χ0) is 14.5. The minimum absolute atomic E-state index is 0.179. The average molecular weight is 281 g/mol. The fourth-order valence-corrected chi connectivity index (χ4v) is 2.89. The van der Waals surface area contributed by atoms with E-state index in [0.29, 0.717) is 24.4 Å². The lowest BCUT2D eigenvalue weighted by Gasteiger charge is -2.35. The van der Waals surface area contributed by atoms with Gasteiger partial charge in [0.1, 0.15) is 10.7 Å². The van der Waals surface area contributed by atoms with Crippen LogP contribution in [0.5, 0.6) is 0 Å². The predicted molar refractivity (Wildman–Crippen MR) is 76.3 cm³/mol. The summed E-state index contributed by atoms with van der Waals surface area (Å²) in [4.78, 5) is 12.5. The Bertz CT molecular complexity index is 439. The number of rotatable bonds is 6. The second kappa shape index (κ2) is 6.85. The van der Waals surface area contributed by atoms with Gasteiger partial charge >= 0.3 is 5.88 Å². The quantitative estimate of drug-likeness (QED) is 0.640. The van der Waals surface area contributed by atoms with Crippen molar-refractivity contribution in [1.82, 2.24) is 4.90 Å². The molecule has 1 aliphatic carbocycles. The SMILES string of the molecule is CCCN(Cc1ccc([N+](=O)[O-])o1)C1CCC(N)CC1. The van der Waals surface area contributed by atoms with E-state index in [1.54, 1.807) is 6.07 Å². The Morgan fingerprint density at radius 2 is 2.10 bits per heavy atom. The van der Waals surface area contributed by atoms with Gasteiger partial charge in [-0.2, -0.15) is 0 Å². The summed E-state index contributed by atoms with van der Waals surface area (Å²) < 4.78 is 5.27. The maximum absolute atomic E-state index is 10.6. The van der Waals surface area contributed by atoms with Gasteiger partial charge < -0.3 is 10.2 Å². The van der Waals surface area contributed by atoms with Crippen molar-refractivity contribution >= 4 is 5.88 Å². The van der Waals surface area contributed by atoms with Crippen LogP contribution in [0.4, 0.5) is 5.88 Å². The molecule has 1 heterocycles. The summed E-state index contributed by atoms with van der Waals surface area (Å²) in [5.74, 6) is 0.488. The van der Waals surface area contributed by atoms with Crippen LogP contribution in [0.2, 0.25) is 0 Å². The lowest BCUT2D eigenvalue weighted by Crippen LogP contribution is -2.40. The van der Waals surface area contributed by atoms with E-state index in [-0.39, 0.29) is 5.88 Å². The topological polar surface area (TPSA) is 85.5 Å². The molecule has 6 nitrogen and oxygen atoms in total. The van der Waals surface area contributed by atoms with Gasteiger partial charge in [-0.3, -0.25) is 15.0 Å². The Hall–Kier alpha value is -1.40. The maximum atomic E-state index is 10.6. The molecule has 0 aromatic carbocycles. The number of nitro groups is 1. The van der Waals surface area contributed by atoms with Crippen molar-refractivity contribution in [1.29, 1.82) is 0 Å². The highest BCUT2D eigenvalue weighted by Crippen LogP contribution is 2.25. The fourth-order valence-electron chi connectivity index (χ4n) is 2.89. The molecule has 1 aliphatic rings. The van der Waals surface area contributed by atoms with E-state index in [2.05, 4.69) is 11.8 Å². The largest absolute Gasteiger partial charge is 0.433 e. The number of furan rings is 1. The molecular weight excluding hydrogens is 258 g/mol. The van der Waals surface area contributed by atoms with Crippen LogP contribution in [0.3, 0.4) is 0 Å². The van der Waals surface area contributed by atoms with E-state index < -0.39 is 4.92 Å². The molecule has 2 rings (SSSR count). The van der Waals surface area contributed by atoms with E-state index >= 15 is 0 Å². The highest BCUT2D eigenvalue weighted by molar-refractivity contribution is 5.17. The summed E-state index contributed by atoms with van der Waals surface area (Å²) in [5, 5.41) is 10.6. The summed E-state index contributed by atoms with van der Waals surface area (Å²) in [7, 11) is 0. The predicted octanol–water partition coefficient (Wildman–Crippen LogP) is 2.67. The van der Waals surface area contributed by atoms with Gasteiger partial charge in [-0.1, -0.05) is 6.92 Å². The Morgan fingerprint density at radius 3 is 2.65 bits per heavy atom. The van der Waals surface area contributed by atoms with E-state index in [4.69, 9.17) is 10.2 Å². The van der Waals surface area contributed by atoms with E-state index in [1.807, 2.05) is 0 Å². The smallest absolute Gasteiger partial charge is 0.404 e. The molecule has 2 N–H and O–H groups in total. The first-order chi connectivity index (χ1) is 9.60. The maximum Gasteiger partial charge on any atom is 0.433 e. The van der Waals surface area contributed by atoms with Crippen molar-refractivity contribution in [3.05, 3.63) is 28.0 Å². The average Bonchev–Trinajstić information content (AvgIpc) is 2.88.